The van der Waals surface area contributed by atoms with E-state index in [-0.39, 0.29) is 11.5 Å². The number of halogens is 7. The lowest BCUT2D eigenvalue weighted by Crippen LogP contribution is -2.55. The molecule has 0 amide bonds. The smallest absolute Gasteiger partial charge is 0.395 e. The van der Waals surface area contributed by atoms with Crippen molar-refractivity contribution in [3.05, 3.63) is 96.6 Å². The lowest BCUT2D eigenvalue weighted by Gasteiger charge is -2.35. The molecule has 0 aliphatic heterocycles. The Morgan fingerprint density at radius 3 is 1.38 bits per heavy atom. The monoisotopic (exact) mass is 508 g/mol. The van der Waals surface area contributed by atoms with Crippen molar-refractivity contribution >= 4 is 7.82 Å². The third kappa shape index (κ3) is 5.53. The van der Waals surface area contributed by atoms with Crippen LogP contribution in [0.3, 0.4) is 0 Å². The van der Waals surface area contributed by atoms with Crippen LogP contribution in [0, 0.1) is 0 Å². The SMILES string of the molecule is O=P(Oc1ccccc1)(Oc1ccccc1)OC(c1ccccc1)C(F)(F)C(F)(F)C(F)(F)F. The Morgan fingerprint density at radius 1 is 0.618 bits per heavy atom. The van der Waals surface area contributed by atoms with Gasteiger partial charge >= 0.3 is 25.8 Å². The molecule has 0 aliphatic rings. The minimum atomic E-state index is -6.64. The first-order valence-corrected chi connectivity index (χ1v) is 11.0. The van der Waals surface area contributed by atoms with Gasteiger partial charge in [0.15, 0.2) is 6.10 Å². The van der Waals surface area contributed by atoms with Crippen molar-refractivity contribution < 1.29 is 48.9 Å². The number of rotatable bonds is 9. The highest BCUT2D eigenvalue weighted by molar-refractivity contribution is 7.49. The lowest BCUT2D eigenvalue weighted by molar-refractivity contribution is -0.370. The number of hydrogen-bond donors (Lipinski definition) is 0. The number of hydrogen-bond acceptors (Lipinski definition) is 4. The highest BCUT2D eigenvalue weighted by Gasteiger charge is 2.76. The van der Waals surface area contributed by atoms with Crippen molar-refractivity contribution in [2.45, 2.75) is 24.1 Å². The molecule has 0 heterocycles. The van der Waals surface area contributed by atoms with Crippen LogP contribution in [0.25, 0.3) is 0 Å². The van der Waals surface area contributed by atoms with E-state index in [9.17, 15) is 35.3 Å². The van der Waals surface area contributed by atoms with Crippen molar-refractivity contribution in [3.63, 3.8) is 0 Å². The molecule has 12 heteroatoms. The van der Waals surface area contributed by atoms with Crippen molar-refractivity contribution in [2.75, 3.05) is 0 Å². The Bertz CT molecular complexity index is 1060. The average Bonchev–Trinajstić information content (AvgIpc) is 2.78. The summed E-state index contributed by atoms with van der Waals surface area (Å²) in [7, 11) is -5.28. The van der Waals surface area contributed by atoms with Gasteiger partial charge in [0.05, 0.1) is 0 Å². The van der Waals surface area contributed by atoms with Gasteiger partial charge in [-0.05, 0) is 29.8 Å². The second kappa shape index (κ2) is 9.68. The van der Waals surface area contributed by atoms with Crippen molar-refractivity contribution in [2.24, 2.45) is 0 Å². The molecule has 1 atom stereocenters. The number of para-hydroxylation sites is 2. The van der Waals surface area contributed by atoms with Crippen molar-refractivity contribution in [1.29, 1.82) is 0 Å². The minimum Gasteiger partial charge on any atom is -0.395 e. The number of benzene rings is 3. The largest absolute Gasteiger partial charge is 0.588 e. The molecule has 3 rings (SSSR count). The van der Waals surface area contributed by atoms with Crippen LogP contribution in [0.15, 0.2) is 91.0 Å². The van der Waals surface area contributed by atoms with Gasteiger partial charge in [0.2, 0.25) is 0 Å². The maximum atomic E-state index is 14.8. The van der Waals surface area contributed by atoms with Crippen LogP contribution in [0.1, 0.15) is 11.7 Å². The maximum absolute atomic E-state index is 14.8. The normalized spacial score (nSPS) is 13.9. The summed E-state index contributed by atoms with van der Waals surface area (Å²) >= 11 is 0. The first-order chi connectivity index (χ1) is 15.9. The molecular formula is C22H16F7O4P. The summed E-state index contributed by atoms with van der Waals surface area (Å²) in [6.07, 6.45) is -10.0. The van der Waals surface area contributed by atoms with E-state index in [4.69, 9.17) is 13.6 Å². The van der Waals surface area contributed by atoms with Crippen LogP contribution < -0.4 is 9.05 Å². The molecule has 182 valence electrons. The molecule has 0 saturated heterocycles. The highest BCUT2D eigenvalue weighted by Crippen LogP contribution is 2.60. The Balaban J connectivity index is 2.10. The van der Waals surface area contributed by atoms with Gasteiger partial charge in [-0.25, -0.2) is 4.57 Å². The fourth-order valence-corrected chi connectivity index (χ4v) is 4.12. The summed E-state index contributed by atoms with van der Waals surface area (Å²) in [4.78, 5) is 0. The first kappa shape index (κ1) is 25.6. The zero-order chi connectivity index (χ0) is 25.0. The molecule has 3 aromatic rings. The second-order valence-corrected chi connectivity index (χ2v) is 8.32. The first-order valence-electron chi connectivity index (χ1n) is 9.51. The summed E-state index contributed by atoms with van der Waals surface area (Å²) in [5, 5.41) is 0. The summed E-state index contributed by atoms with van der Waals surface area (Å²) in [5.41, 5.74) is -0.815. The molecule has 34 heavy (non-hydrogen) atoms. The molecule has 0 fully saturated rings. The molecule has 0 aromatic heterocycles. The van der Waals surface area contributed by atoms with E-state index in [2.05, 4.69) is 0 Å². The predicted octanol–water partition coefficient (Wildman–Crippen LogP) is 7.84. The van der Waals surface area contributed by atoms with Crippen LogP contribution in [-0.4, -0.2) is 18.0 Å². The van der Waals surface area contributed by atoms with Crippen LogP contribution in [0.2, 0.25) is 0 Å². The Kier molecular flexibility index (Phi) is 7.28. The molecule has 0 N–H and O–H groups in total. The van der Waals surface area contributed by atoms with E-state index in [1.54, 1.807) is 0 Å². The maximum Gasteiger partial charge on any atom is 0.588 e. The molecule has 4 nitrogen and oxygen atoms in total. The fourth-order valence-electron chi connectivity index (χ4n) is 2.73. The van der Waals surface area contributed by atoms with Gasteiger partial charge in [-0.15, -0.1) is 0 Å². The Morgan fingerprint density at radius 2 is 1.00 bits per heavy atom. The standard InChI is InChI=1S/C22H16F7O4P/c23-20(24,21(25,26)22(27,28)29)19(16-10-4-1-5-11-16)33-34(30,31-17-12-6-2-7-13-17)32-18-14-8-3-9-15-18/h1-15,19H. The summed E-state index contributed by atoms with van der Waals surface area (Å²) in [6.45, 7) is 0. The van der Waals surface area contributed by atoms with Crippen LogP contribution in [-0.2, 0) is 9.09 Å². The number of phosphoric acid groups is 1. The van der Waals surface area contributed by atoms with E-state index in [1.807, 2.05) is 0 Å². The number of alkyl halides is 7. The van der Waals surface area contributed by atoms with Gasteiger partial charge < -0.3 is 9.05 Å². The van der Waals surface area contributed by atoms with Gasteiger partial charge in [-0.3, -0.25) is 4.52 Å². The quantitative estimate of drug-likeness (QED) is 0.218. The van der Waals surface area contributed by atoms with E-state index in [0.717, 1.165) is 24.3 Å². The molecule has 0 aliphatic carbocycles. The predicted molar refractivity (Wildman–Crippen MR) is 108 cm³/mol. The summed E-state index contributed by atoms with van der Waals surface area (Å²) in [5.74, 6) is -12.9. The van der Waals surface area contributed by atoms with Crippen LogP contribution in [0.5, 0.6) is 11.5 Å². The fraction of sp³-hybridized carbons (Fsp3) is 0.182. The zero-order valence-corrected chi connectivity index (χ0v) is 17.9. The second-order valence-electron chi connectivity index (χ2n) is 6.85. The molecule has 0 saturated carbocycles. The topological polar surface area (TPSA) is 44.8 Å². The summed E-state index contributed by atoms with van der Waals surface area (Å²) in [6, 6.07) is 18.7. The van der Waals surface area contributed by atoms with Gasteiger partial charge in [0.1, 0.15) is 11.5 Å². The molecule has 1 unspecified atom stereocenters. The molecule has 0 bridgehead atoms. The molecule has 0 spiro atoms. The Hall–Kier alpha value is -3.04. The van der Waals surface area contributed by atoms with Crippen LogP contribution >= 0.6 is 7.82 Å². The van der Waals surface area contributed by atoms with Gasteiger partial charge in [-0.1, -0.05) is 66.7 Å². The van der Waals surface area contributed by atoms with E-state index < -0.39 is 37.5 Å². The minimum absolute atomic E-state index is 0.237. The Labute approximate surface area is 189 Å². The van der Waals surface area contributed by atoms with Gasteiger partial charge in [-0.2, -0.15) is 30.7 Å². The molecule has 3 aromatic carbocycles. The van der Waals surface area contributed by atoms with E-state index in [1.165, 1.54) is 66.7 Å². The van der Waals surface area contributed by atoms with Gasteiger partial charge in [0, 0.05) is 0 Å². The average molecular weight is 508 g/mol. The third-order valence-corrected chi connectivity index (χ3v) is 5.70. The van der Waals surface area contributed by atoms with Gasteiger partial charge in [0.25, 0.3) is 0 Å². The highest BCUT2D eigenvalue weighted by atomic mass is 31.2. The van der Waals surface area contributed by atoms with Crippen molar-refractivity contribution in [1.82, 2.24) is 0 Å². The van der Waals surface area contributed by atoms with E-state index >= 15 is 0 Å². The van der Waals surface area contributed by atoms with Crippen LogP contribution in [0.4, 0.5) is 30.7 Å². The lowest BCUT2D eigenvalue weighted by atomic mass is 9.98. The third-order valence-electron chi connectivity index (χ3n) is 4.36. The van der Waals surface area contributed by atoms with E-state index in [0.29, 0.717) is 0 Å². The van der Waals surface area contributed by atoms with Crippen molar-refractivity contribution in [3.8, 4) is 11.5 Å². The zero-order valence-electron chi connectivity index (χ0n) is 17.0. The molecule has 0 radical (unpaired) electrons. The number of phosphoric ester groups is 1. The molecular weight excluding hydrogens is 492 g/mol. The summed E-state index contributed by atoms with van der Waals surface area (Å²) < 4.78 is 125.